The smallest absolute Gasteiger partial charge is 0.221 e. The Hall–Kier alpha value is -1.43. The molecule has 1 saturated heterocycles. The molecule has 5 nitrogen and oxygen atoms in total. The van der Waals surface area contributed by atoms with Gasteiger partial charge in [-0.3, -0.25) is 4.79 Å². The Morgan fingerprint density at radius 1 is 1.32 bits per heavy atom. The van der Waals surface area contributed by atoms with Gasteiger partial charge in [-0.1, -0.05) is 30.3 Å². The fourth-order valence-corrected chi connectivity index (χ4v) is 3.32. The number of carbonyl (C=O) groups excluding carboxylic acids is 1. The molecular weight excluding hydrogens is 280 g/mol. The van der Waals surface area contributed by atoms with E-state index in [1.165, 1.54) is 5.56 Å². The largest absolute Gasteiger partial charge is 0.389 e. The molecule has 1 aromatic rings. The summed E-state index contributed by atoms with van der Waals surface area (Å²) in [7, 11) is 1.58. The highest BCUT2D eigenvalue weighted by atomic mass is 16.3. The molecule has 4 N–H and O–H groups in total. The van der Waals surface area contributed by atoms with Gasteiger partial charge in [-0.05, 0) is 31.7 Å². The number of aryl methyl sites for hydroxylation is 1. The lowest BCUT2D eigenvalue weighted by molar-refractivity contribution is -0.123. The minimum atomic E-state index is -0.935. The molecule has 1 aromatic carbocycles. The lowest BCUT2D eigenvalue weighted by atomic mass is 9.83. The lowest BCUT2D eigenvalue weighted by Crippen LogP contribution is -2.52. The van der Waals surface area contributed by atoms with E-state index < -0.39 is 17.7 Å². The van der Waals surface area contributed by atoms with Gasteiger partial charge in [0.1, 0.15) is 0 Å². The van der Waals surface area contributed by atoms with Gasteiger partial charge in [-0.2, -0.15) is 0 Å². The summed E-state index contributed by atoms with van der Waals surface area (Å²) in [5.41, 5.74) is 0.479. The van der Waals surface area contributed by atoms with E-state index in [0.29, 0.717) is 6.42 Å². The summed E-state index contributed by atoms with van der Waals surface area (Å²) in [6.07, 6.45) is 0.746. The molecule has 1 heterocycles. The molecule has 0 bridgehead atoms. The highest BCUT2D eigenvalue weighted by Crippen LogP contribution is 2.32. The Bertz CT molecular complexity index is 494. The summed E-state index contributed by atoms with van der Waals surface area (Å²) < 4.78 is 0. The van der Waals surface area contributed by atoms with Crippen molar-refractivity contribution in [2.75, 3.05) is 7.05 Å². The zero-order valence-corrected chi connectivity index (χ0v) is 13.2. The van der Waals surface area contributed by atoms with Gasteiger partial charge in [0, 0.05) is 19.5 Å². The monoisotopic (exact) mass is 306 g/mol. The van der Waals surface area contributed by atoms with E-state index in [2.05, 4.69) is 22.8 Å². The van der Waals surface area contributed by atoms with Gasteiger partial charge < -0.3 is 20.8 Å². The normalized spacial score (nSPS) is 31.2. The van der Waals surface area contributed by atoms with Gasteiger partial charge in [0.2, 0.25) is 5.91 Å². The number of rotatable bonds is 6. The van der Waals surface area contributed by atoms with Crippen LogP contribution in [0, 0.1) is 0 Å². The van der Waals surface area contributed by atoms with Gasteiger partial charge in [0.15, 0.2) is 0 Å². The molecule has 0 saturated carbocycles. The number of carbonyl (C=O) groups is 1. The molecule has 122 valence electrons. The number of amides is 1. The van der Waals surface area contributed by atoms with E-state index in [1.54, 1.807) is 7.05 Å². The van der Waals surface area contributed by atoms with Crippen molar-refractivity contribution < 1.29 is 15.0 Å². The fourth-order valence-electron chi connectivity index (χ4n) is 3.32. The zero-order valence-electron chi connectivity index (χ0n) is 13.2. The summed E-state index contributed by atoms with van der Waals surface area (Å²) in [6, 6.07) is 9.91. The molecule has 0 unspecified atom stereocenters. The Morgan fingerprint density at radius 3 is 2.55 bits per heavy atom. The summed E-state index contributed by atoms with van der Waals surface area (Å²) in [4.78, 5) is 11.8. The van der Waals surface area contributed by atoms with Crippen LogP contribution in [0.5, 0.6) is 0 Å². The Labute approximate surface area is 131 Å². The topological polar surface area (TPSA) is 81.6 Å². The van der Waals surface area contributed by atoms with Crippen molar-refractivity contribution in [2.24, 2.45) is 0 Å². The van der Waals surface area contributed by atoms with Gasteiger partial charge in [0.05, 0.1) is 17.7 Å². The van der Waals surface area contributed by atoms with Crippen LogP contribution < -0.4 is 10.6 Å². The van der Waals surface area contributed by atoms with Crippen LogP contribution in [0.1, 0.15) is 31.7 Å². The van der Waals surface area contributed by atoms with E-state index in [4.69, 9.17) is 0 Å². The van der Waals surface area contributed by atoms with Crippen LogP contribution >= 0.6 is 0 Å². The standard InChI is InChI=1S/C17H26N2O3/c1-12-15(21)16(22)17(19-12,11-14(20)18-2)10-6-9-13-7-4-3-5-8-13/h3-5,7-8,12,15-16,19,21-22H,6,9-11H2,1-2H3,(H,18,20)/t12-,15-,16+,17-/m1/s1. The quantitative estimate of drug-likeness (QED) is 0.620. The number of nitrogens with one attached hydrogen (secondary N) is 2. The van der Waals surface area contributed by atoms with Crippen molar-refractivity contribution in [1.82, 2.24) is 10.6 Å². The third kappa shape index (κ3) is 3.66. The van der Waals surface area contributed by atoms with E-state index in [1.807, 2.05) is 25.1 Å². The molecule has 0 spiro atoms. The first-order valence-corrected chi connectivity index (χ1v) is 7.87. The number of benzene rings is 1. The maximum absolute atomic E-state index is 11.8. The van der Waals surface area contributed by atoms with Crippen molar-refractivity contribution in [3.8, 4) is 0 Å². The van der Waals surface area contributed by atoms with Crippen molar-refractivity contribution in [3.63, 3.8) is 0 Å². The van der Waals surface area contributed by atoms with Crippen molar-refractivity contribution in [3.05, 3.63) is 35.9 Å². The molecule has 1 amide bonds. The zero-order chi connectivity index (χ0) is 16.2. The van der Waals surface area contributed by atoms with Gasteiger partial charge in [-0.15, -0.1) is 0 Å². The van der Waals surface area contributed by atoms with Crippen molar-refractivity contribution >= 4 is 5.91 Å². The Balaban J connectivity index is 2.04. The Morgan fingerprint density at radius 2 is 2.00 bits per heavy atom. The fraction of sp³-hybridized carbons (Fsp3) is 0.588. The van der Waals surface area contributed by atoms with Gasteiger partial charge in [-0.25, -0.2) is 0 Å². The highest BCUT2D eigenvalue weighted by molar-refractivity contribution is 5.77. The molecule has 5 heteroatoms. The third-order valence-electron chi connectivity index (χ3n) is 4.60. The first-order chi connectivity index (χ1) is 10.5. The number of aliphatic hydroxyl groups is 2. The predicted molar refractivity (Wildman–Crippen MR) is 85.4 cm³/mol. The van der Waals surface area contributed by atoms with E-state index in [-0.39, 0.29) is 18.4 Å². The van der Waals surface area contributed by atoms with Crippen LogP contribution in [0.4, 0.5) is 0 Å². The second-order valence-corrected chi connectivity index (χ2v) is 6.21. The first-order valence-electron chi connectivity index (χ1n) is 7.87. The number of hydrogen-bond donors (Lipinski definition) is 4. The number of hydrogen-bond acceptors (Lipinski definition) is 4. The summed E-state index contributed by atoms with van der Waals surface area (Å²) in [6.45, 7) is 1.83. The maximum Gasteiger partial charge on any atom is 0.221 e. The van der Waals surface area contributed by atoms with Crippen LogP contribution in [-0.4, -0.2) is 47.0 Å². The molecule has 0 aromatic heterocycles. The van der Waals surface area contributed by atoms with Crippen LogP contribution in [-0.2, 0) is 11.2 Å². The van der Waals surface area contributed by atoms with Crippen LogP contribution in [0.2, 0.25) is 0 Å². The van der Waals surface area contributed by atoms with E-state index in [0.717, 1.165) is 12.8 Å². The lowest BCUT2D eigenvalue weighted by Gasteiger charge is -2.33. The second kappa shape index (κ2) is 7.22. The number of aliphatic hydroxyl groups excluding tert-OH is 2. The van der Waals surface area contributed by atoms with Gasteiger partial charge in [0.25, 0.3) is 0 Å². The third-order valence-corrected chi connectivity index (χ3v) is 4.60. The molecule has 0 radical (unpaired) electrons. The highest BCUT2D eigenvalue weighted by Gasteiger charge is 2.51. The van der Waals surface area contributed by atoms with Crippen LogP contribution in [0.25, 0.3) is 0 Å². The molecule has 4 atom stereocenters. The van der Waals surface area contributed by atoms with E-state index >= 15 is 0 Å². The van der Waals surface area contributed by atoms with Crippen molar-refractivity contribution in [1.29, 1.82) is 0 Å². The van der Waals surface area contributed by atoms with E-state index in [9.17, 15) is 15.0 Å². The molecule has 1 fully saturated rings. The summed E-state index contributed by atoms with van der Waals surface area (Å²) in [5.74, 6) is -0.132. The SMILES string of the molecule is CNC(=O)C[C@@]1(CCCc2ccccc2)N[C@H](C)[C@@H](O)[C@@H]1O. The molecule has 22 heavy (non-hydrogen) atoms. The van der Waals surface area contributed by atoms with Gasteiger partial charge >= 0.3 is 0 Å². The minimum absolute atomic E-state index is 0.132. The summed E-state index contributed by atoms with van der Waals surface area (Å²) in [5, 5.41) is 26.3. The molecule has 1 aliphatic heterocycles. The molecule has 0 aliphatic carbocycles. The first kappa shape index (κ1) is 16.9. The second-order valence-electron chi connectivity index (χ2n) is 6.21. The minimum Gasteiger partial charge on any atom is -0.389 e. The Kier molecular flexibility index (Phi) is 5.56. The van der Waals surface area contributed by atoms with Crippen LogP contribution in [0.15, 0.2) is 30.3 Å². The molecule has 2 rings (SSSR count). The van der Waals surface area contributed by atoms with Crippen LogP contribution in [0.3, 0.4) is 0 Å². The average molecular weight is 306 g/mol. The summed E-state index contributed by atoms with van der Waals surface area (Å²) >= 11 is 0. The van der Waals surface area contributed by atoms with Crippen molar-refractivity contribution in [2.45, 2.75) is 56.4 Å². The predicted octanol–water partition coefficient (Wildman–Crippen LogP) is 0.598. The molecular formula is C17H26N2O3. The molecule has 1 aliphatic rings. The maximum atomic E-state index is 11.8. The average Bonchev–Trinajstić information content (AvgIpc) is 2.73.